The molecule has 4 aromatic rings. The summed E-state index contributed by atoms with van der Waals surface area (Å²) in [5, 5.41) is 15.2. The Bertz CT molecular complexity index is 1170. The fourth-order valence-electron chi connectivity index (χ4n) is 2.98. The molecular weight excluding hydrogens is 344 g/mol. The number of nitrogens with one attached hydrogen (secondary N) is 2. The van der Waals surface area contributed by atoms with Crippen molar-refractivity contribution in [2.24, 2.45) is 0 Å². The third kappa shape index (κ3) is 3.04. The summed E-state index contributed by atoms with van der Waals surface area (Å²) in [5.41, 5.74) is 9.70. The molecular formula is C19H16N6O2. The Morgan fingerprint density at radius 2 is 2.04 bits per heavy atom. The van der Waals surface area contributed by atoms with E-state index >= 15 is 0 Å². The number of aromatic nitrogens is 3. The van der Waals surface area contributed by atoms with E-state index in [2.05, 4.69) is 20.3 Å². The van der Waals surface area contributed by atoms with Crippen molar-refractivity contribution in [3.8, 4) is 11.3 Å². The van der Waals surface area contributed by atoms with Crippen LogP contribution < -0.4 is 11.1 Å². The van der Waals surface area contributed by atoms with Gasteiger partial charge in [-0.15, -0.1) is 0 Å². The van der Waals surface area contributed by atoms with Gasteiger partial charge in [0.1, 0.15) is 5.69 Å². The molecule has 0 fully saturated rings. The second-order valence-electron chi connectivity index (χ2n) is 6.12. The van der Waals surface area contributed by atoms with E-state index in [0.29, 0.717) is 11.6 Å². The number of H-pyrrole nitrogens is 1. The number of fused-ring (bicyclic) bond motifs is 1. The van der Waals surface area contributed by atoms with Gasteiger partial charge in [-0.3, -0.25) is 10.1 Å². The Hall–Kier alpha value is -3.94. The van der Waals surface area contributed by atoms with Crippen molar-refractivity contribution >= 4 is 33.9 Å². The molecule has 0 radical (unpaired) electrons. The maximum absolute atomic E-state index is 11.1. The Labute approximate surface area is 154 Å². The molecule has 4 rings (SSSR count). The molecule has 0 aliphatic rings. The standard InChI is InChI=1S/C19H16N6O2/c1-11-8-14(20)18(25(26)27)9-17(11)24-19-21-7-6-16(23-19)13-10-22-15-5-3-2-4-12(13)15/h2-10,22H,20H2,1H3,(H,21,23,24). The van der Waals surface area contributed by atoms with Gasteiger partial charge in [-0.25, -0.2) is 9.97 Å². The number of nitro benzene ring substituents is 1. The molecule has 0 amide bonds. The monoisotopic (exact) mass is 360 g/mol. The van der Waals surface area contributed by atoms with Crippen LogP contribution in [0.25, 0.3) is 22.2 Å². The average molecular weight is 360 g/mol. The van der Waals surface area contributed by atoms with Crippen LogP contribution in [0.2, 0.25) is 0 Å². The molecule has 2 aromatic heterocycles. The van der Waals surface area contributed by atoms with Crippen molar-refractivity contribution in [3.63, 3.8) is 0 Å². The summed E-state index contributed by atoms with van der Waals surface area (Å²) >= 11 is 0. The van der Waals surface area contributed by atoms with E-state index < -0.39 is 4.92 Å². The Morgan fingerprint density at radius 1 is 1.22 bits per heavy atom. The predicted molar refractivity (Wildman–Crippen MR) is 105 cm³/mol. The highest BCUT2D eigenvalue weighted by Crippen LogP contribution is 2.31. The number of hydrogen-bond acceptors (Lipinski definition) is 6. The van der Waals surface area contributed by atoms with Crippen LogP contribution in [0.4, 0.5) is 23.0 Å². The number of anilines is 3. The van der Waals surface area contributed by atoms with Gasteiger partial charge in [0.15, 0.2) is 0 Å². The van der Waals surface area contributed by atoms with Gasteiger partial charge in [0.25, 0.3) is 5.69 Å². The third-order valence-electron chi connectivity index (χ3n) is 4.34. The highest BCUT2D eigenvalue weighted by molar-refractivity contribution is 5.94. The average Bonchev–Trinajstić information content (AvgIpc) is 3.08. The van der Waals surface area contributed by atoms with E-state index in [1.165, 1.54) is 6.07 Å². The molecule has 8 heteroatoms. The van der Waals surface area contributed by atoms with Crippen LogP contribution >= 0.6 is 0 Å². The third-order valence-corrected chi connectivity index (χ3v) is 4.34. The van der Waals surface area contributed by atoms with Gasteiger partial charge < -0.3 is 16.0 Å². The van der Waals surface area contributed by atoms with Gasteiger partial charge in [0.05, 0.1) is 16.3 Å². The second kappa shape index (κ2) is 6.41. The van der Waals surface area contributed by atoms with Gasteiger partial charge in [-0.1, -0.05) is 18.2 Å². The van der Waals surface area contributed by atoms with E-state index in [9.17, 15) is 10.1 Å². The molecule has 0 atom stereocenters. The number of rotatable bonds is 4. The molecule has 0 bridgehead atoms. The summed E-state index contributed by atoms with van der Waals surface area (Å²) in [7, 11) is 0. The van der Waals surface area contributed by atoms with E-state index in [1.807, 2.05) is 43.5 Å². The summed E-state index contributed by atoms with van der Waals surface area (Å²) in [6.07, 6.45) is 3.55. The molecule has 27 heavy (non-hydrogen) atoms. The van der Waals surface area contributed by atoms with Crippen LogP contribution in [0.1, 0.15) is 5.56 Å². The number of nitrogens with zero attached hydrogens (tertiary/aromatic N) is 3. The van der Waals surface area contributed by atoms with Crippen LogP contribution in [0.3, 0.4) is 0 Å². The van der Waals surface area contributed by atoms with Crippen molar-refractivity contribution in [3.05, 3.63) is 70.5 Å². The molecule has 0 saturated carbocycles. The van der Waals surface area contributed by atoms with Crippen molar-refractivity contribution in [2.75, 3.05) is 11.1 Å². The van der Waals surface area contributed by atoms with E-state index in [0.717, 1.165) is 27.7 Å². The van der Waals surface area contributed by atoms with Crippen molar-refractivity contribution in [1.82, 2.24) is 15.0 Å². The SMILES string of the molecule is Cc1cc(N)c([N+](=O)[O-])cc1Nc1nccc(-c2c[nH]c3ccccc23)n1. The number of benzene rings is 2. The minimum atomic E-state index is -0.511. The summed E-state index contributed by atoms with van der Waals surface area (Å²) in [5.74, 6) is 0.347. The van der Waals surface area contributed by atoms with Gasteiger partial charge >= 0.3 is 0 Å². The fraction of sp³-hybridized carbons (Fsp3) is 0.0526. The predicted octanol–water partition coefficient (Wildman–Crippen LogP) is 4.17. The molecule has 0 aliphatic carbocycles. The van der Waals surface area contributed by atoms with Crippen LogP contribution in [-0.4, -0.2) is 19.9 Å². The lowest BCUT2D eigenvalue weighted by Crippen LogP contribution is -2.02. The number of nitro groups is 1. The molecule has 0 aliphatic heterocycles. The maximum atomic E-state index is 11.1. The molecule has 8 nitrogen and oxygen atoms in total. The molecule has 0 spiro atoms. The normalized spacial score (nSPS) is 10.9. The second-order valence-corrected chi connectivity index (χ2v) is 6.12. The van der Waals surface area contributed by atoms with Gasteiger partial charge in [-0.05, 0) is 30.7 Å². The number of aromatic amines is 1. The lowest BCUT2D eigenvalue weighted by Gasteiger charge is -2.10. The summed E-state index contributed by atoms with van der Waals surface area (Å²) in [6.45, 7) is 1.81. The van der Waals surface area contributed by atoms with Crippen molar-refractivity contribution in [1.29, 1.82) is 0 Å². The van der Waals surface area contributed by atoms with E-state index in [-0.39, 0.29) is 11.4 Å². The molecule has 134 valence electrons. The van der Waals surface area contributed by atoms with E-state index in [1.54, 1.807) is 12.3 Å². The highest BCUT2D eigenvalue weighted by Gasteiger charge is 2.15. The Kier molecular flexibility index (Phi) is 3.92. The van der Waals surface area contributed by atoms with Crippen LogP contribution in [-0.2, 0) is 0 Å². The molecule has 2 aromatic carbocycles. The summed E-state index contributed by atoms with van der Waals surface area (Å²) in [6, 6.07) is 12.7. The number of hydrogen-bond donors (Lipinski definition) is 3. The first-order valence-corrected chi connectivity index (χ1v) is 8.24. The lowest BCUT2D eigenvalue weighted by atomic mass is 10.1. The van der Waals surface area contributed by atoms with Crippen LogP contribution in [0, 0.1) is 17.0 Å². The van der Waals surface area contributed by atoms with Gasteiger partial charge in [-0.2, -0.15) is 0 Å². The summed E-state index contributed by atoms with van der Waals surface area (Å²) in [4.78, 5) is 22.6. The zero-order valence-electron chi connectivity index (χ0n) is 14.4. The molecule has 4 N–H and O–H groups in total. The Balaban J connectivity index is 1.72. The first-order chi connectivity index (χ1) is 13.0. The highest BCUT2D eigenvalue weighted by atomic mass is 16.6. The largest absolute Gasteiger partial charge is 0.393 e. The van der Waals surface area contributed by atoms with Crippen LogP contribution in [0.15, 0.2) is 54.9 Å². The van der Waals surface area contributed by atoms with Gasteiger partial charge in [0.2, 0.25) is 5.95 Å². The van der Waals surface area contributed by atoms with Crippen LogP contribution in [0.5, 0.6) is 0 Å². The van der Waals surface area contributed by atoms with Crippen molar-refractivity contribution < 1.29 is 4.92 Å². The number of para-hydroxylation sites is 1. The minimum absolute atomic E-state index is 0.122. The summed E-state index contributed by atoms with van der Waals surface area (Å²) < 4.78 is 0. The maximum Gasteiger partial charge on any atom is 0.294 e. The zero-order chi connectivity index (χ0) is 19.0. The molecule has 0 saturated heterocycles. The van der Waals surface area contributed by atoms with Gasteiger partial charge in [0, 0.05) is 34.9 Å². The minimum Gasteiger partial charge on any atom is -0.393 e. The smallest absolute Gasteiger partial charge is 0.294 e. The van der Waals surface area contributed by atoms with Crippen molar-refractivity contribution in [2.45, 2.75) is 6.92 Å². The number of nitrogen functional groups attached to an aromatic ring is 1. The number of aryl methyl sites for hydroxylation is 1. The topological polar surface area (TPSA) is 123 Å². The first kappa shape index (κ1) is 16.5. The van der Waals surface area contributed by atoms with E-state index in [4.69, 9.17) is 5.73 Å². The number of nitrogens with two attached hydrogens (primary N) is 1. The fourth-order valence-corrected chi connectivity index (χ4v) is 2.98. The Morgan fingerprint density at radius 3 is 2.85 bits per heavy atom. The first-order valence-electron chi connectivity index (χ1n) is 8.24. The lowest BCUT2D eigenvalue weighted by molar-refractivity contribution is -0.383. The molecule has 2 heterocycles. The molecule has 0 unspecified atom stereocenters. The quantitative estimate of drug-likeness (QED) is 0.285. The zero-order valence-corrected chi connectivity index (χ0v) is 14.4.